The summed E-state index contributed by atoms with van der Waals surface area (Å²) in [4.78, 5) is 6.57. The van der Waals surface area contributed by atoms with Crippen LogP contribution in [0.5, 0.6) is 0 Å². The predicted molar refractivity (Wildman–Crippen MR) is 90.7 cm³/mol. The number of allylic oxidation sites excluding steroid dienone is 1. The molecule has 1 aliphatic rings. The fraction of sp³-hybridized carbons (Fsp3) is 0.500. The van der Waals surface area contributed by atoms with Gasteiger partial charge in [0, 0.05) is 27.2 Å². The predicted octanol–water partition coefficient (Wildman–Crippen LogP) is 3.26. The number of hydrogen-bond acceptors (Lipinski definition) is 1. The quantitative estimate of drug-likeness (QED) is 0.360. The zero-order chi connectivity index (χ0) is 15.1. The second kappa shape index (κ2) is 7.87. The van der Waals surface area contributed by atoms with Crippen molar-refractivity contribution in [1.82, 2.24) is 10.2 Å². The Morgan fingerprint density at radius 2 is 2.19 bits per heavy atom. The van der Waals surface area contributed by atoms with Gasteiger partial charge in [-0.2, -0.15) is 0 Å². The summed E-state index contributed by atoms with van der Waals surface area (Å²) >= 11 is 0. The normalized spacial score (nSPS) is 21.0. The molecule has 1 aromatic carbocycles. The molecular weight excluding hydrogens is 258 g/mol. The van der Waals surface area contributed by atoms with Crippen molar-refractivity contribution in [2.45, 2.75) is 25.2 Å². The smallest absolute Gasteiger partial charge is 0.193 e. The van der Waals surface area contributed by atoms with Gasteiger partial charge in [-0.3, -0.25) is 4.99 Å². The average molecular weight is 285 g/mol. The molecule has 2 unspecified atom stereocenters. The molecule has 1 saturated carbocycles. The molecule has 0 saturated heterocycles. The summed E-state index contributed by atoms with van der Waals surface area (Å²) in [5, 5.41) is 3.51. The highest BCUT2D eigenvalue weighted by atomic mass is 15.3. The Balaban J connectivity index is 1.73. The zero-order valence-electron chi connectivity index (χ0n) is 13.3. The first-order valence-electron chi connectivity index (χ1n) is 7.84. The number of unbranched alkanes of at least 4 members (excludes halogenated alkanes) is 1. The van der Waals surface area contributed by atoms with Crippen LogP contribution in [0.2, 0.25) is 0 Å². The molecule has 2 rings (SSSR count). The minimum Gasteiger partial charge on any atom is -0.356 e. The molecule has 3 heteroatoms. The van der Waals surface area contributed by atoms with Crippen LogP contribution in [0.4, 0.5) is 0 Å². The number of benzene rings is 1. The fourth-order valence-electron chi connectivity index (χ4n) is 2.77. The van der Waals surface area contributed by atoms with Crippen molar-refractivity contribution >= 4 is 5.96 Å². The number of nitrogens with zero attached hydrogens (tertiary/aromatic N) is 2. The van der Waals surface area contributed by atoms with Gasteiger partial charge in [0.1, 0.15) is 0 Å². The Kier molecular flexibility index (Phi) is 5.85. The molecule has 114 valence electrons. The first-order valence-corrected chi connectivity index (χ1v) is 7.84. The van der Waals surface area contributed by atoms with E-state index in [4.69, 9.17) is 0 Å². The van der Waals surface area contributed by atoms with Gasteiger partial charge < -0.3 is 10.2 Å². The van der Waals surface area contributed by atoms with Crippen LogP contribution < -0.4 is 5.32 Å². The second-order valence-electron chi connectivity index (χ2n) is 5.79. The maximum Gasteiger partial charge on any atom is 0.193 e. The van der Waals surface area contributed by atoms with E-state index in [9.17, 15) is 0 Å². The summed E-state index contributed by atoms with van der Waals surface area (Å²) in [7, 11) is 3.95. The van der Waals surface area contributed by atoms with Crippen LogP contribution in [0.1, 0.15) is 30.7 Å². The molecule has 0 heterocycles. The lowest BCUT2D eigenvalue weighted by atomic mass is 10.1. The summed E-state index contributed by atoms with van der Waals surface area (Å²) < 4.78 is 0. The molecule has 3 nitrogen and oxygen atoms in total. The molecular formula is C18H27N3. The van der Waals surface area contributed by atoms with Crippen molar-refractivity contribution in [1.29, 1.82) is 0 Å². The highest BCUT2D eigenvalue weighted by Gasteiger charge is 2.37. The lowest BCUT2D eigenvalue weighted by Crippen LogP contribution is -2.40. The SMILES string of the molecule is C=CCCCN(C)C(=NC)NCC1CC1c1ccccc1. The number of guanidine groups is 1. The minimum absolute atomic E-state index is 0.725. The Morgan fingerprint density at radius 1 is 1.43 bits per heavy atom. The first kappa shape index (κ1) is 15.6. The third-order valence-electron chi connectivity index (χ3n) is 4.15. The van der Waals surface area contributed by atoms with E-state index in [0.29, 0.717) is 0 Å². The maximum atomic E-state index is 4.37. The van der Waals surface area contributed by atoms with Crippen molar-refractivity contribution in [3.05, 3.63) is 48.6 Å². The Labute approximate surface area is 128 Å². The molecule has 0 aliphatic heterocycles. The summed E-state index contributed by atoms with van der Waals surface area (Å²) in [5.41, 5.74) is 1.47. The molecule has 1 aliphatic carbocycles. The van der Waals surface area contributed by atoms with Crippen molar-refractivity contribution in [3.8, 4) is 0 Å². The fourth-order valence-corrected chi connectivity index (χ4v) is 2.77. The van der Waals surface area contributed by atoms with Crippen molar-refractivity contribution < 1.29 is 0 Å². The van der Waals surface area contributed by atoms with Crippen LogP contribution in [0, 0.1) is 5.92 Å². The van der Waals surface area contributed by atoms with Gasteiger partial charge in [0.15, 0.2) is 5.96 Å². The highest BCUT2D eigenvalue weighted by Crippen LogP contribution is 2.46. The first-order chi connectivity index (χ1) is 10.3. The molecule has 0 bridgehead atoms. The molecule has 0 amide bonds. The lowest BCUT2D eigenvalue weighted by molar-refractivity contribution is 0.467. The van der Waals surface area contributed by atoms with Gasteiger partial charge in [-0.05, 0) is 36.7 Å². The number of rotatable bonds is 7. The van der Waals surface area contributed by atoms with Crippen LogP contribution in [-0.2, 0) is 0 Å². The van der Waals surface area contributed by atoms with E-state index in [-0.39, 0.29) is 0 Å². The van der Waals surface area contributed by atoms with Crippen LogP contribution in [0.15, 0.2) is 48.0 Å². The minimum atomic E-state index is 0.725. The monoisotopic (exact) mass is 285 g/mol. The molecule has 1 aromatic rings. The van der Waals surface area contributed by atoms with Gasteiger partial charge in [-0.25, -0.2) is 0 Å². The van der Waals surface area contributed by atoms with Gasteiger partial charge >= 0.3 is 0 Å². The van der Waals surface area contributed by atoms with Gasteiger partial charge in [-0.1, -0.05) is 36.4 Å². The summed E-state index contributed by atoms with van der Waals surface area (Å²) in [6.45, 7) is 5.79. The Bertz CT molecular complexity index is 467. The number of aliphatic imine (C=N–C) groups is 1. The van der Waals surface area contributed by atoms with Gasteiger partial charge in [0.05, 0.1) is 0 Å². The third-order valence-corrected chi connectivity index (χ3v) is 4.15. The standard InChI is InChI=1S/C18H27N3/c1-4-5-9-12-21(3)18(19-2)20-14-16-13-17(16)15-10-7-6-8-11-15/h4,6-8,10-11,16-17H,1,5,9,12-14H2,2-3H3,(H,19,20). The van der Waals surface area contributed by atoms with E-state index in [1.54, 1.807) is 0 Å². The molecule has 0 radical (unpaired) electrons. The Morgan fingerprint density at radius 3 is 2.86 bits per heavy atom. The molecule has 1 fully saturated rings. The summed E-state index contributed by atoms with van der Waals surface area (Å²) in [6, 6.07) is 10.8. The van der Waals surface area contributed by atoms with E-state index in [1.807, 2.05) is 13.1 Å². The molecule has 1 N–H and O–H groups in total. The summed E-state index contributed by atoms with van der Waals surface area (Å²) in [5.74, 6) is 2.46. The molecule has 2 atom stereocenters. The molecule has 21 heavy (non-hydrogen) atoms. The van der Waals surface area contributed by atoms with Crippen molar-refractivity contribution in [2.24, 2.45) is 10.9 Å². The van der Waals surface area contributed by atoms with E-state index in [1.165, 1.54) is 12.0 Å². The van der Waals surface area contributed by atoms with Crippen molar-refractivity contribution in [3.63, 3.8) is 0 Å². The van der Waals surface area contributed by atoms with Crippen LogP contribution in [0.3, 0.4) is 0 Å². The average Bonchev–Trinajstić information content (AvgIpc) is 3.29. The van der Waals surface area contributed by atoms with E-state index < -0.39 is 0 Å². The van der Waals surface area contributed by atoms with Gasteiger partial charge in [0.25, 0.3) is 0 Å². The number of hydrogen-bond donors (Lipinski definition) is 1. The third kappa shape index (κ3) is 4.62. The lowest BCUT2D eigenvalue weighted by Gasteiger charge is -2.21. The summed E-state index contributed by atoms with van der Waals surface area (Å²) in [6.07, 6.45) is 5.43. The van der Waals surface area contributed by atoms with Crippen LogP contribution in [-0.4, -0.2) is 38.0 Å². The van der Waals surface area contributed by atoms with Crippen LogP contribution in [0.25, 0.3) is 0 Å². The number of nitrogens with one attached hydrogen (secondary N) is 1. The van der Waals surface area contributed by atoms with Gasteiger partial charge in [0.2, 0.25) is 0 Å². The van der Waals surface area contributed by atoms with Crippen LogP contribution >= 0.6 is 0 Å². The van der Waals surface area contributed by atoms with E-state index >= 15 is 0 Å². The maximum absolute atomic E-state index is 4.37. The second-order valence-corrected chi connectivity index (χ2v) is 5.79. The molecule has 0 spiro atoms. The van der Waals surface area contributed by atoms with E-state index in [2.05, 4.69) is 59.2 Å². The molecule has 0 aromatic heterocycles. The van der Waals surface area contributed by atoms with E-state index in [0.717, 1.165) is 43.7 Å². The van der Waals surface area contributed by atoms with Gasteiger partial charge in [-0.15, -0.1) is 6.58 Å². The Hall–Kier alpha value is -1.77. The van der Waals surface area contributed by atoms with Crippen molar-refractivity contribution in [2.75, 3.05) is 27.2 Å². The topological polar surface area (TPSA) is 27.6 Å². The highest BCUT2D eigenvalue weighted by molar-refractivity contribution is 5.79. The largest absolute Gasteiger partial charge is 0.356 e. The zero-order valence-corrected chi connectivity index (χ0v) is 13.3.